The van der Waals surface area contributed by atoms with Gasteiger partial charge >= 0.3 is 6.09 Å². The van der Waals surface area contributed by atoms with Crippen molar-refractivity contribution in [1.82, 2.24) is 25.3 Å². The van der Waals surface area contributed by atoms with Crippen molar-refractivity contribution in [2.45, 2.75) is 39.5 Å². The predicted octanol–water partition coefficient (Wildman–Crippen LogP) is 5.19. The van der Waals surface area contributed by atoms with E-state index in [0.717, 1.165) is 33.6 Å². The molecule has 0 saturated carbocycles. The number of amides is 1. The van der Waals surface area contributed by atoms with Crippen molar-refractivity contribution in [3.8, 4) is 22.5 Å². The smallest absolute Gasteiger partial charge is 0.407 e. The second-order valence-electron chi connectivity index (χ2n) is 8.56. The predicted molar refractivity (Wildman–Crippen MR) is 143 cm³/mol. The molecule has 4 rings (SSSR count). The van der Waals surface area contributed by atoms with Crippen molar-refractivity contribution in [2.24, 2.45) is 5.73 Å². The molecule has 0 aliphatic heterocycles. The van der Waals surface area contributed by atoms with Gasteiger partial charge in [0.05, 0.1) is 11.4 Å². The summed E-state index contributed by atoms with van der Waals surface area (Å²) < 4.78 is 5.23. The van der Waals surface area contributed by atoms with Gasteiger partial charge in [0, 0.05) is 36.6 Å². The number of halogens is 1. The maximum atomic E-state index is 11.7. The molecule has 2 aromatic heterocycles. The van der Waals surface area contributed by atoms with Crippen molar-refractivity contribution in [1.29, 1.82) is 0 Å². The van der Waals surface area contributed by atoms with Crippen LogP contribution in [0.1, 0.15) is 31.9 Å². The standard InChI is InChI=1S/C16H19N3O2.C11H11N3.ClH/c1-16(2,3)21-15(20)18-10-12-6-4-5-7-13(12)14-8-9-17-11-19-14;12-7-9-3-1-2-4-10(9)11-5-6-13-8-14-11;/h4-9,11H,10H2,1-3H3,(H,18,20);1-6,8H,7,12H2;1H. The first-order valence-corrected chi connectivity index (χ1v) is 11.2. The van der Waals surface area contributed by atoms with Crippen LogP contribution < -0.4 is 11.1 Å². The topological polar surface area (TPSA) is 116 Å². The number of carbonyl (C=O) groups excluding carboxylic acids is 1. The first kappa shape index (κ1) is 28.4. The van der Waals surface area contributed by atoms with Gasteiger partial charge in [0.15, 0.2) is 0 Å². The van der Waals surface area contributed by atoms with Gasteiger partial charge in [-0.25, -0.2) is 24.7 Å². The van der Waals surface area contributed by atoms with Crippen molar-refractivity contribution in [3.63, 3.8) is 0 Å². The zero-order valence-corrected chi connectivity index (χ0v) is 21.4. The fourth-order valence-corrected chi connectivity index (χ4v) is 3.25. The lowest BCUT2D eigenvalue weighted by atomic mass is 10.0. The minimum absolute atomic E-state index is 0. The Kier molecular flexibility index (Phi) is 10.9. The van der Waals surface area contributed by atoms with Gasteiger partial charge in [-0.2, -0.15) is 0 Å². The van der Waals surface area contributed by atoms with Crippen LogP contribution in [0.15, 0.2) is 85.7 Å². The molecule has 4 aromatic rings. The summed E-state index contributed by atoms with van der Waals surface area (Å²) >= 11 is 0. The van der Waals surface area contributed by atoms with Crippen molar-refractivity contribution < 1.29 is 9.53 Å². The van der Waals surface area contributed by atoms with Crippen LogP contribution in [-0.4, -0.2) is 31.6 Å². The van der Waals surface area contributed by atoms with Crippen LogP contribution in [0.2, 0.25) is 0 Å². The fourth-order valence-electron chi connectivity index (χ4n) is 3.25. The molecule has 2 heterocycles. The molecule has 0 atom stereocenters. The molecular formula is C27H31ClN6O2. The Bertz CT molecular complexity index is 1220. The minimum Gasteiger partial charge on any atom is -0.444 e. The second kappa shape index (κ2) is 13.9. The van der Waals surface area contributed by atoms with E-state index < -0.39 is 11.7 Å². The number of ether oxygens (including phenoxy) is 1. The number of carbonyl (C=O) groups is 1. The van der Waals surface area contributed by atoms with Crippen LogP contribution in [0.5, 0.6) is 0 Å². The number of nitrogens with two attached hydrogens (primary N) is 1. The van der Waals surface area contributed by atoms with Gasteiger partial charge in [0.2, 0.25) is 0 Å². The minimum atomic E-state index is -0.504. The highest BCUT2D eigenvalue weighted by Gasteiger charge is 2.16. The molecule has 0 saturated heterocycles. The summed E-state index contributed by atoms with van der Waals surface area (Å²) in [5.41, 5.74) is 11.0. The van der Waals surface area contributed by atoms with E-state index >= 15 is 0 Å². The van der Waals surface area contributed by atoms with Gasteiger partial charge in [-0.05, 0) is 44.0 Å². The first-order valence-electron chi connectivity index (χ1n) is 11.2. The summed E-state index contributed by atoms with van der Waals surface area (Å²) in [5.74, 6) is 0. The third-order valence-electron chi connectivity index (χ3n) is 4.79. The number of hydrogen-bond acceptors (Lipinski definition) is 7. The fraction of sp³-hybridized carbons (Fsp3) is 0.222. The van der Waals surface area contributed by atoms with Crippen LogP contribution in [0, 0.1) is 0 Å². The summed E-state index contributed by atoms with van der Waals surface area (Å²) in [6, 6.07) is 19.5. The molecule has 0 fully saturated rings. The van der Waals surface area contributed by atoms with Gasteiger partial charge in [0.1, 0.15) is 18.3 Å². The molecule has 36 heavy (non-hydrogen) atoms. The third kappa shape index (κ3) is 8.72. The van der Waals surface area contributed by atoms with E-state index in [0.29, 0.717) is 13.1 Å². The van der Waals surface area contributed by atoms with Crippen LogP contribution >= 0.6 is 12.4 Å². The highest BCUT2D eigenvalue weighted by Crippen LogP contribution is 2.21. The molecule has 0 bridgehead atoms. The average molecular weight is 507 g/mol. The number of aromatic nitrogens is 4. The summed E-state index contributed by atoms with van der Waals surface area (Å²) in [6.07, 6.45) is 6.05. The lowest BCUT2D eigenvalue weighted by Gasteiger charge is -2.20. The van der Waals surface area contributed by atoms with E-state index in [2.05, 4.69) is 25.3 Å². The van der Waals surface area contributed by atoms with Crippen LogP contribution in [0.4, 0.5) is 4.79 Å². The Morgan fingerprint density at radius 1 is 0.833 bits per heavy atom. The van der Waals surface area contributed by atoms with Gasteiger partial charge in [0.25, 0.3) is 0 Å². The number of alkyl carbamates (subject to hydrolysis) is 1. The normalized spacial score (nSPS) is 10.3. The maximum absolute atomic E-state index is 11.7. The molecule has 0 aliphatic carbocycles. The number of benzene rings is 2. The summed E-state index contributed by atoms with van der Waals surface area (Å²) in [6.45, 7) is 6.42. The third-order valence-corrected chi connectivity index (χ3v) is 4.79. The van der Waals surface area contributed by atoms with Crippen LogP contribution in [-0.2, 0) is 17.8 Å². The lowest BCUT2D eigenvalue weighted by molar-refractivity contribution is 0.0523. The molecule has 0 unspecified atom stereocenters. The quantitative estimate of drug-likeness (QED) is 0.382. The average Bonchev–Trinajstić information content (AvgIpc) is 2.88. The second-order valence-corrected chi connectivity index (χ2v) is 8.56. The SMILES string of the molecule is CC(C)(C)OC(=O)NCc1ccccc1-c1ccncn1.Cl.NCc1ccccc1-c1ccncn1. The summed E-state index contributed by atoms with van der Waals surface area (Å²) in [4.78, 5) is 28.0. The molecule has 9 heteroatoms. The van der Waals surface area contributed by atoms with E-state index in [9.17, 15) is 4.79 Å². The van der Waals surface area contributed by atoms with Crippen molar-refractivity contribution in [3.05, 3.63) is 96.8 Å². The molecule has 0 spiro atoms. The number of nitrogens with one attached hydrogen (secondary N) is 1. The molecule has 8 nitrogen and oxygen atoms in total. The zero-order chi connectivity index (χ0) is 25.1. The molecule has 2 aromatic carbocycles. The summed E-state index contributed by atoms with van der Waals surface area (Å²) in [7, 11) is 0. The van der Waals surface area contributed by atoms with E-state index in [-0.39, 0.29) is 12.4 Å². The Labute approximate surface area is 217 Å². The van der Waals surface area contributed by atoms with Gasteiger partial charge in [-0.1, -0.05) is 48.5 Å². The molecule has 0 radical (unpaired) electrons. The maximum Gasteiger partial charge on any atom is 0.407 e. The highest BCUT2D eigenvalue weighted by atomic mass is 35.5. The Balaban J connectivity index is 0.000000265. The van der Waals surface area contributed by atoms with Gasteiger partial charge in [-0.3, -0.25) is 0 Å². The molecule has 1 amide bonds. The molecular weight excluding hydrogens is 476 g/mol. The number of rotatable bonds is 5. The van der Waals surface area contributed by atoms with Crippen LogP contribution in [0.3, 0.4) is 0 Å². The van der Waals surface area contributed by atoms with E-state index in [1.165, 1.54) is 6.33 Å². The number of nitrogens with zero attached hydrogens (tertiary/aromatic N) is 4. The molecule has 0 aliphatic rings. The largest absolute Gasteiger partial charge is 0.444 e. The Hall–Kier alpha value is -3.88. The van der Waals surface area contributed by atoms with E-state index in [1.54, 1.807) is 18.7 Å². The van der Waals surface area contributed by atoms with E-state index in [1.807, 2.05) is 81.4 Å². The Morgan fingerprint density at radius 2 is 1.33 bits per heavy atom. The molecule has 3 N–H and O–H groups in total. The van der Waals surface area contributed by atoms with Crippen molar-refractivity contribution in [2.75, 3.05) is 0 Å². The van der Waals surface area contributed by atoms with Crippen LogP contribution in [0.25, 0.3) is 22.5 Å². The Morgan fingerprint density at radius 3 is 1.81 bits per heavy atom. The monoisotopic (exact) mass is 506 g/mol. The highest BCUT2D eigenvalue weighted by molar-refractivity contribution is 5.85. The molecule has 188 valence electrons. The lowest BCUT2D eigenvalue weighted by Crippen LogP contribution is -2.32. The van der Waals surface area contributed by atoms with Crippen molar-refractivity contribution >= 4 is 18.5 Å². The number of hydrogen-bond donors (Lipinski definition) is 2. The first-order chi connectivity index (χ1) is 16.9. The summed E-state index contributed by atoms with van der Waals surface area (Å²) in [5, 5.41) is 2.76. The van der Waals surface area contributed by atoms with E-state index in [4.69, 9.17) is 10.5 Å². The zero-order valence-electron chi connectivity index (χ0n) is 20.6. The van der Waals surface area contributed by atoms with Gasteiger partial charge < -0.3 is 15.8 Å². The van der Waals surface area contributed by atoms with Gasteiger partial charge in [-0.15, -0.1) is 12.4 Å².